The first-order chi connectivity index (χ1) is 14.3. The second-order valence-electron chi connectivity index (χ2n) is 9.35. The Labute approximate surface area is 175 Å². The van der Waals surface area contributed by atoms with Crippen LogP contribution in [0.25, 0.3) is 5.65 Å². The fourth-order valence-electron chi connectivity index (χ4n) is 4.91. The SMILES string of the molecule is Cc1c(C(=O)N2CCC(c3nnc4ccccn34)CC2)oc2c1C(=O)CC(C)(C)C2. The number of fused-ring (bicyclic) bond motifs is 2. The molecule has 5 rings (SSSR count). The van der Waals surface area contributed by atoms with Crippen LogP contribution in [0.15, 0.2) is 28.8 Å². The Bertz CT molecular complexity index is 1150. The van der Waals surface area contributed by atoms with Gasteiger partial charge in [0.25, 0.3) is 5.91 Å². The van der Waals surface area contributed by atoms with Gasteiger partial charge in [0.2, 0.25) is 0 Å². The lowest BCUT2D eigenvalue weighted by Crippen LogP contribution is -2.38. The number of piperidine rings is 1. The summed E-state index contributed by atoms with van der Waals surface area (Å²) in [6.45, 7) is 7.23. The van der Waals surface area contributed by atoms with Gasteiger partial charge < -0.3 is 9.32 Å². The van der Waals surface area contributed by atoms with Crippen LogP contribution in [0.4, 0.5) is 0 Å². The van der Waals surface area contributed by atoms with E-state index in [4.69, 9.17) is 4.42 Å². The largest absolute Gasteiger partial charge is 0.455 e. The monoisotopic (exact) mass is 406 g/mol. The van der Waals surface area contributed by atoms with Crippen LogP contribution in [0, 0.1) is 12.3 Å². The molecule has 30 heavy (non-hydrogen) atoms. The maximum absolute atomic E-state index is 13.2. The van der Waals surface area contributed by atoms with Gasteiger partial charge in [-0.1, -0.05) is 19.9 Å². The third-order valence-corrected chi connectivity index (χ3v) is 6.46. The summed E-state index contributed by atoms with van der Waals surface area (Å²) in [5, 5.41) is 8.63. The van der Waals surface area contributed by atoms with Crippen molar-refractivity contribution in [2.75, 3.05) is 13.1 Å². The topological polar surface area (TPSA) is 80.7 Å². The predicted molar refractivity (Wildman–Crippen MR) is 111 cm³/mol. The lowest BCUT2D eigenvalue weighted by molar-refractivity contribution is 0.0673. The highest BCUT2D eigenvalue weighted by molar-refractivity contribution is 6.03. The van der Waals surface area contributed by atoms with Crippen LogP contribution in [-0.2, 0) is 6.42 Å². The van der Waals surface area contributed by atoms with E-state index in [-0.39, 0.29) is 23.0 Å². The van der Waals surface area contributed by atoms with E-state index in [0.717, 1.165) is 24.3 Å². The average molecular weight is 406 g/mol. The van der Waals surface area contributed by atoms with Gasteiger partial charge in [-0.15, -0.1) is 10.2 Å². The lowest BCUT2D eigenvalue weighted by atomic mass is 9.76. The van der Waals surface area contributed by atoms with E-state index in [9.17, 15) is 9.59 Å². The van der Waals surface area contributed by atoms with Gasteiger partial charge in [-0.3, -0.25) is 14.0 Å². The summed E-state index contributed by atoms with van der Waals surface area (Å²) in [5.41, 5.74) is 2.03. The molecular weight excluding hydrogens is 380 g/mol. The minimum atomic E-state index is -0.131. The first-order valence-corrected chi connectivity index (χ1v) is 10.6. The lowest BCUT2D eigenvalue weighted by Gasteiger charge is -2.30. The minimum absolute atomic E-state index is 0.0824. The van der Waals surface area contributed by atoms with Gasteiger partial charge in [0.05, 0.1) is 5.56 Å². The van der Waals surface area contributed by atoms with Crippen molar-refractivity contribution in [1.29, 1.82) is 0 Å². The van der Waals surface area contributed by atoms with Crippen LogP contribution in [0.3, 0.4) is 0 Å². The molecule has 0 N–H and O–H groups in total. The number of hydrogen-bond acceptors (Lipinski definition) is 5. The predicted octanol–water partition coefficient (Wildman–Crippen LogP) is 3.81. The van der Waals surface area contributed by atoms with E-state index in [1.807, 2.05) is 40.6 Å². The molecule has 3 aromatic heterocycles. The second kappa shape index (κ2) is 6.79. The van der Waals surface area contributed by atoms with Gasteiger partial charge >= 0.3 is 0 Å². The van der Waals surface area contributed by atoms with Crippen LogP contribution < -0.4 is 0 Å². The van der Waals surface area contributed by atoms with E-state index >= 15 is 0 Å². The molecule has 0 atom stereocenters. The molecule has 7 nitrogen and oxygen atoms in total. The van der Waals surface area contributed by atoms with Gasteiger partial charge in [0, 0.05) is 43.6 Å². The Kier molecular flexibility index (Phi) is 4.31. The fourth-order valence-corrected chi connectivity index (χ4v) is 4.91. The Morgan fingerprint density at radius 1 is 1.17 bits per heavy atom. The molecule has 4 heterocycles. The third-order valence-electron chi connectivity index (χ3n) is 6.46. The maximum Gasteiger partial charge on any atom is 0.289 e. The Morgan fingerprint density at radius 3 is 2.70 bits per heavy atom. The zero-order chi connectivity index (χ0) is 21.0. The number of rotatable bonds is 2. The van der Waals surface area contributed by atoms with Crippen molar-refractivity contribution >= 4 is 17.3 Å². The average Bonchev–Trinajstić information content (AvgIpc) is 3.28. The van der Waals surface area contributed by atoms with Crippen molar-refractivity contribution in [2.24, 2.45) is 5.41 Å². The molecule has 0 saturated carbocycles. The molecule has 1 aliphatic heterocycles. The normalized spacial score (nSPS) is 19.3. The van der Waals surface area contributed by atoms with Crippen LogP contribution in [0.2, 0.25) is 0 Å². The van der Waals surface area contributed by atoms with Crippen molar-refractivity contribution in [3.63, 3.8) is 0 Å². The number of amides is 1. The molecule has 1 saturated heterocycles. The molecule has 0 aromatic carbocycles. The van der Waals surface area contributed by atoms with E-state index in [1.54, 1.807) is 0 Å². The van der Waals surface area contributed by atoms with Crippen molar-refractivity contribution < 1.29 is 14.0 Å². The molecule has 7 heteroatoms. The first-order valence-electron chi connectivity index (χ1n) is 10.6. The highest BCUT2D eigenvalue weighted by atomic mass is 16.4. The first kappa shape index (κ1) is 19.0. The third kappa shape index (κ3) is 3.04. The number of aromatic nitrogens is 3. The number of Topliss-reactive ketones (excluding diaryl/α,β-unsaturated/α-hetero) is 1. The quantitative estimate of drug-likeness (QED) is 0.647. The Morgan fingerprint density at radius 2 is 1.93 bits per heavy atom. The molecule has 1 fully saturated rings. The number of furan rings is 1. The smallest absolute Gasteiger partial charge is 0.289 e. The van der Waals surface area contributed by atoms with E-state index in [0.29, 0.717) is 48.6 Å². The summed E-state index contributed by atoms with van der Waals surface area (Å²) in [6, 6.07) is 5.87. The van der Waals surface area contributed by atoms with Gasteiger partial charge in [0.1, 0.15) is 11.6 Å². The molecule has 3 aromatic rings. The van der Waals surface area contributed by atoms with Crippen molar-refractivity contribution in [3.8, 4) is 0 Å². The summed E-state index contributed by atoms with van der Waals surface area (Å²) in [4.78, 5) is 27.7. The molecule has 2 aliphatic rings. The van der Waals surface area contributed by atoms with Crippen molar-refractivity contribution in [1.82, 2.24) is 19.5 Å². The van der Waals surface area contributed by atoms with Crippen LogP contribution >= 0.6 is 0 Å². The number of ketones is 1. The van der Waals surface area contributed by atoms with E-state index in [1.165, 1.54) is 0 Å². The molecular formula is C23H26N4O3. The summed E-state index contributed by atoms with van der Waals surface area (Å²) in [6.07, 6.45) is 4.81. The zero-order valence-electron chi connectivity index (χ0n) is 17.6. The van der Waals surface area contributed by atoms with E-state index in [2.05, 4.69) is 24.0 Å². The molecule has 1 aliphatic carbocycles. The van der Waals surface area contributed by atoms with E-state index < -0.39 is 0 Å². The van der Waals surface area contributed by atoms with Crippen molar-refractivity contribution in [3.05, 3.63) is 52.9 Å². The number of carbonyl (C=O) groups is 2. The van der Waals surface area contributed by atoms with Gasteiger partial charge in [-0.05, 0) is 37.3 Å². The maximum atomic E-state index is 13.2. The summed E-state index contributed by atoms with van der Waals surface area (Å²) < 4.78 is 8.00. The number of pyridine rings is 1. The molecule has 0 bridgehead atoms. The summed E-state index contributed by atoms with van der Waals surface area (Å²) in [5.74, 6) is 2.19. The van der Waals surface area contributed by atoms with Crippen molar-refractivity contribution in [2.45, 2.75) is 52.4 Å². The second-order valence-corrected chi connectivity index (χ2v) is 9.35. The number of hydrogen-bond donors (Lipinski definition) is 0. The highest BCUT2D eigenvalue weighted by Gasteiger charge is 2.38. The Balaban J connectivity index is 1.34. The molecule has 0 spiro atoms. The molecule has 1 amide bonds. The van der Waals surface area contributed by atoms with Gasteiger partial charge in [-0.2, -0.15) is 0 Å². The fraction of sp³-hybridized carbons (Fsp3) is 0.478. The Hall–Kier alpha value is -2.96. The van der Waals surface area contributed by atoms with Crippen LogP contribution in [0.5, 0.6) is 0 Å². The standard InChI is InChI=1S/C23H26N4O3/c1-14-19-16(28)12-23(2,3)13-17(19)30-20(14)22(29)26-10-7-15(8-11-26)21-25-24-18-6-4-5-9-27(18)21/h4-6,9,15H,7-8,10-13H2,1-3H3. The summed E-state index contributed by atoms with van der Waals surface area (Å²) >= 11 is 0. The molecule has 0 unspecified atom stereocenters. The van der Waals surface area contributed by atoms with Gasteiger partial charge in [0.15, 0.2) is 17.2 Å². The number of nitrogens with zero attached hydrogens (tertiary/aromatic N) is 4. The summed E-state index contributed by atoms with van der Waals surface area (Å²) in [7, 11) is 0. The van der Waals surface area contributed by atoms with Gasteiger partial charge in [-0.25, -0.2) is 0 Å². The molecule has 156 valence electrons. The molecule has 0 radical (unpaired) electrons. The highest BCUT2D eigenvalue weighted by Crippen LogP contribution is 2.39. The number of carbonyl (C=O) groups excluding carboxylic acids is 2. The number of likely N-dealkylation sites (tertiary alicyclic amines) is 1. The minimum Gasteiger partial charge on any atom is -0.455 e. The van der Waals surface area contributed by atoms with Crippen LogP contribution in [-0.4, -0.2) is 44.3 Å². The van der Waals surface area contributed by atoms with Crippen LogP contribution in [0.1, 0.15) is 77.1 Å². The zero-order valence-corrected chi connectivity index (χ0v) is 17.6.